The first-order valence-corrected chi connectivity index (χ1v) is 5.65. The van der Waals surface area contributed by atoms with E-state index in [1.54, 1.807) is 12.2 Å². The molecule has 0 aromatic rings. The molecule has 0 bridgehead atoms. The van der Waals surface area contributed by atoms with Crippen molar-refractivity contribution in [3.05, 3.63) is 25.3 Å². The smallest absolute Gasteiger partial charge is 0.155 e. The lowest BCUT2D eigenvalue weighted by Crippen LogP contribution is -2.18. The lowest BCUT2D eigenvalue weighted by Gasteiger charge is -2.15. The molecule has 3 heteroatoms. The monoisotopic (exact) mass is 184 g/mol. The second-order valence-corrected chi connectivity index (χ2v) is 3.35. The molecule has 0 aliphatic carbocycles. The summed E-state index contributed by atoms with van der Waals surface area (Å²) < 4.78 is 10.7. The van der Waals surface area contributed by atoms with Crippen LogP contribution in [0.1, 0.15) is 0 Å². The van der Waals surface area contributed by atoms with Gasteiger partial charge >= 0.3 is 0 Å². The predicted molar refractivity (Wildman–Crippen MR) is 52.5 cm³/mol. The first kappa shape index (κ1) is 11.6. The zero-order valence-electron chi connectivity index (χ0n) is 7.58. The van der Waals surface area contributed by atoms with Gasteiger partial charge in [-0.15, -0.1) is 13.2 Å². The largest absolute Gasteiger partial charge is 0.349 e. The van der Waals surface area contributed by atoms with Crippen LogP contribution < -0.4 is 0 Å². The normalized spacial score (nSPS) is 10.2. The van der Waals surface area contributed by atoms with Crippen molar-refractivity contribution in [2.24, 2.45) is 0 Å². The van der Waals surface area contributed by atoms with Crippen molar-refractivity contribution in [3.63, 3.8) is 0 Å². The van der Waals surface area contributed by atoms with Gasteiger partial charge in [0.1, 0.15) is 0 Å². The third kappa shape index (κ3) is 6.33. The summed E-state index contributed by atoms with van der Waals surface area (Å²) in [7, 11) is 0.842. The van der Waals surface area contributed by atoms with Crippen molar-refractivity contribution >= 4 is 9.52 Å². The predicted octanol–water partition coefficient (Wildman–Crippen LogP) is 1.89. The molecule has 12 heavy (non-hydrogen) atoms. The van der Waals surface area contributed by atoms with Crippen LogP contribution in [-0.4, -0.2) is 29.0 Å². The summed E-state index contributed by atoms with van der Waals surface area (Å²) in [5.41, 5.74) is 0. The molecular weight excluding hydrogens is 168 g/mol. The van der Waals surface area contributed by atoms with Gasteiger partial charge in [0.25, 0.3) is 0 Å². The number of hydrogen-bond acceptors (Lipinski definition) is 2. The van der Waals surface area contributed by atoms with E-state index in [4.69, 9.17) is 9.47 Å². The van der Waals surface area contributed by atoms with Crippen molar-refractivity contribution < 1.29 is 9.47 Å². The minimum Gasteiger partial charge on any atom is -0.349 e. The van der Waals surface area contributed by atoms with Crippen LogP contribution in [0.4, 0.5) is 0 Å². The van der Waals surface area contributed by atoms with E-state index >= 15 is 0 Å². The zero-order valence-corrected chi connectivity index (χ0v) is 8.58. The first-order valence-electron chi connectivity index (χ1n) is 3.94. The van der Waals surface area contributed by atoms with Crippen LogP contribution in [0.3, 0.4) is 0 Å². The first-order chi connectivity index (χ1) is 5.85. The Morgan fingerprint density at radius 3 is 2.08 bits per heavy atom. The highest BCUT2D eigenvalue weighted by molar-refractivity contribution is 6.33. The summed E-state index contributed by atoms with van der Waals surface area (Å²) in [5.74, 6) is 0. The summed E-state index contributed by atoms with van der Waals surface area (Å²) in [6.07, 6.45) is 3.36. The molecule has 0 amide bonds. The van der Waals surface area contributed by atoms with Gasteiger partial charge in [0.15, 0.2) is 6.29 Å². The Morgan fingerprint density at radius 1 is 1.25 bits per heavy atom. The van der Waals surface area contributed by atoms with E-state index < -0.39 is 0 Å². The summed E-state index contributed by atoms with van der Waals surface area (Å²) in [6, 6.07) is 0.946. The highest BCUT2D eigenvalue weighted by Gasteiger charge is 2.05. The fourth-order valence-electron chi connectivity index (χ4n) is 0.683. The number of ether oxygens (including phenoxy) is 2. The molecule has 0 heterocycles. The summed E-state index contributed by atoms with van der Waals surface area (Å²) in [6.45, 7) is 10.4. The molecule has 0 spiro atoms. The summed E-state index contributed by atoms with van der Waals surface area (Å²) >= 11 is 0. The van der Waals surface area contributed by atoms with E-state index in [0.29, 0.717) is 13.2 Å². The molecule has 0 aliphatic rings. The van der Waals surface area contributed by atoms with Crippen molar-refractivity contribution in [2.45, 2.75) is 18.9 Å². The molecule has 0 aromatic carbocycles. The van der Waals surface area contributed by atoms with Gasteiger partial charge < -0.3 is 9.47 Å². The van der Waals surface area contributed by atoms with Crippen molar-refractivity contribution in [2.75, 3.05) is 13.2 Å². The Balaban J connectivity index is 3.52. The Labute approximate surface area is 77.1 Å². The maximum atomic E-state index is 5.35. The molecule has 0 saturated carbocycles. The molecule has 0 rings (SSSR count). The van der Waals surface area contributed by atoms with Crippen LogP contribution in [-0.2, 0) is 9.47 Å². The Kier molecular flexibility index (Phi) is 8.43. The second-order valence-electron chi connectivity index (χ2n) is 2.23. The third-order valence-corrected chi connectivity index (χ3v) is 1.91. The molecule has 0 unspecified atom stereocenters. The van der Waals surface area contributed by atoms with E-state index in [9.17, 15) is 0 Å². The topological polar surface area (TPSA) is 18.5 Å². The van der Waals surface area contributed by atoms with Crippen LogP contribution in [0.15, 0.2) is 25.3 Å². The van der Waals surface area contributed by atoms with Gasteiger partial charge in [-0.1, -0.05) is 18.7 Å². The minimum atomic E-state index is -0.0932. The molecular formula is C9H16O2Si. The number of hydrogen-bond donors (Lipinski definition) is 0. The molecule has 0 atom stereocenters. The maximum Gasteiger partial charge on any atom is 0.155 e. The van der Waals surface area contributed by atoms with Crippen molar-refractivity contribution in [3.8, 4) is 0 Å². The summed E-state index contributed by atoms with van der Waals surface area (Å²) in [5, 5.41) is 0. The van der Waals surface area contributed by atoms with Crippen LogP contribution in [0.5, 0.6) is 0 Å². The van der Waals surface area contributed by atoms with E-state index in [2.05, 4.69) is 19.7 Å². The molecule has 0 aliphatic heterocycles. The van der Waals surface area contributed by atoms with Crippen molar-refractivity contribution in [1.82, 2.24) is 0 Å². The molecule has 0 aromatic heterocycles. The third-order valence-electron chi connectivity index (χ3n) is 1.17. The molecule has 2 radical (unpaired) electrons. The molecule has 68 valence electrons. The van der Waals surface area contributed by atoms with Gasteiger partial charge in [0.05, 0.1) is 13.2 Å². The molecule has 0 N–H and O–H groups in total. The van der Waals surface area contributed by atoms with Crippen LogP contribution in [0, 0.1) is 0 Å². The fraction of sp³-hybridized carbons (Fsp3) is 0.556. The molecule has 0 fully saturated rings. The Morgan fingerprint density at radius 2 is 1.75 bits per heavy atom. The van der Waals surface area contributed by atoms with E-state index in [-0.39, 0.29) is 6.29 Å². The SMILES string of the molecule is C=CCOC(C[Si]C)OCC=C. The zero-order chi connectivity index (χ0) is 9.23. The Bertz CT molecular complexity index is 114. The average Bonchev–Trinajstić information content (AvgIpc) is 2.10. The van der Waals surface area contributed by atoms with Gasteiger partial charge in [0.2, 0.25) is 0 Å². The van der Waals surface area contributed by atoms with E-state index in [0.717, 1.165) is 15.6 Å². The highest BCUT2D eigenvalue weighted by atomic mass is 28.2. The minimum absolute atomic E-state index is 0.0932. The summed E-state index contributed by atoms with van der Waals surface area (Å²) in [4.78, 5) is 0. The standard InChI is InChI=1S/C9H16O2Si/c1-4-6-10-9(8-12-3)11-7-5-2/h4-5,9H,1-2,6-8H2,3H3. The highest BCUT2D eigenvalue weighted by Crippen LogP contribution is 2.01. The Hall–Kier alpha value is -0.383. The van der Waals surface area contributed by atoms with Crippen molar-refractivity contribution in [1.29, 1.82) is 0 Å². The van der Waals surface area contributed by atoms with Crippen LogP contribution in [0.2, 0.25) is 12.6 Å². The van der Waals surface area contributed by atoms with E-state index in [1.807, 2.05) is 0 Å². The van der Waals surface area contributed by atoms with Gasteiger partial charge in [-0.05, 0) is 6.04 Å². The quantitative estimate of drug-likeness (QED) is 0.326. The maximum absolute atomic E-state index is 5.35. The van der Waals surface area contributed by atoms with Gasteiger partial charge in [0, 0.05) is 9.52 Å². The molecule has 2 nitrogen and oxygen atoms in total. The van der Waals surface area contributed by atoms with Crippen LogP contribution in [0.25, 0.3) is 0 Å². The second kappa shape index (κ2) is 8.71. The van der Waals surface area contributed by atoms with Gasteiger partial charge in [-0.2, -0.15) is 0 Å². The van der Waals surface area contributed by atoms with Gasteiger partial charge in [-0.3, -0.25) is 0 Å². The average molecular weight is 184 g/mol. The number of rotatable bonds is 8. The fourth-order valence-corrected chi connectivity index (χ4v) is 1.25. The van der Waals surface area contributed by atoms with E-state index in [1.165, 1.54) is 0 Å². The lowest BCUT2D eigenvalue weighted by molar-refractivity contribution is -0.113. The molecule has 0 saturated heterocycles. The van der Waals surface area contributed by atoms with Crippen LogP contribution >= 0.6 is 0 Å². The lowest BCUT2D eigenvalue weighted by atomic mass is 10.6. The van der Waals surface area contributed by atoms with Gasteiger partial charge in [-0.25, -0.2) is 0 Å².